The molecule has 1 aliphatic heterocycles. The summed E-state index contributed by atoms with van der Waals surface area (Å²) in [5.74, 6) is 0.762. The number of hydrogen-bond acceptors (Lipinski definition) is 3. The van der Waals surface area contributed by atoms with E-state index in [-0.39, 0.29) is 12.1 Å². The summed E-state index contributed by atoms with van der Waals surface area (Å²) in [4.78, 5) is 15.4. The van der Waals surface area contributed by atoms with E-state index in [2.05, 4.69) is 41.7 Å². The molecular formula is C28H24N2O2. The molecule has 4 nitrogen and oxygen atoms in total. The zero-order chi connectivity index (χ0) is 21.9. The number of carbonyl (C=O) groups excluding carboxylic acids is 1. The number of hydrogen-bond donors (Lipinski definition) is 1. The number of benzene rings is 4. The molecule has 1 unspecified atom stereocenters. The van der Waals surface area contributed by atoms with Gasteiger partial charge in [0, 0.05) is 11.4 Å². The molecule has 0 fully saturated rings. The second kappa shape index (κ2) is 8.60. The maximum atomic E-state index is 13.6. The number of rotatable bonds is 5. The zero-order valence-electron chi connectivity index (χ0n) is 17.9. The summed E-state index contributed by atoms with van der Waals surface area (Å²) in [5.41, 5.74) is 5.65. The molecule has 0 aromatic heterocycles. The molecule has 1 aliphatic rings. The van der Waals surface area contributed by atoms with Crippen molar-refractivity contribution < 1.29 is 9.53 Å². The molecule has 1 atom stereocenters. The predicted molar refractivity (Wildman–Crippen MR) is 129 cm³/mol. The number of nitrogens with zero attached hydrogens (tertiary/aromatic N) is 1. The molecule has 32 heavy (non-hydrogen) atoms. The van der Waals surface area contributed by atoms with E-state index in [1.165, 1.54) is 5.56 Å². The quantitative estimate of drug-likeness (QED) is 0.399. The van der Waals surface area contributed by atoms with Crippen molar-refractivity contribution in [2.24, 2.45) is 0 Å². The summed E-state index contributed by atoms with van der Waals surface area (Å²) in [6.45, 7) is 2.56. The summed E-state index contributed by atoms with van der Waals surface area (Å²) < 4.78 is 5.58. The maximum Gasteiger partial charge on any atom is 0.262 e. The normalized spacial score (nSPS) is 15.1. The monoisotopic (exact) mass is 420 g/mol. The summed E-state index contributed by atoms with van der Waals surface area (Å²) in [6, 6.07) is 34.0. The van der Waals surface area contributed by atoms with E-state index in [0.717, 1.165) is 28.3 Å². The molecule has 4 aromatic rings. The number of anilines is 2. The number of carbonyl (C=O) groups is 1. The van der Waals surface area contributed by atoms with Crippen LogP contribution < -0.4 is 15.0 Å². The Morgan fingerprint density at radius 1 is 0.781 bits per heavy atom. The van der Waals surface area contributed by atoms with Gasteiger partial charge in [0.2, 0.25) is 0 Å². The zero-order valence-corrected chi connectivity index (χ0v) is 17.9. The highest BCUT2D eigenvalue weighted by Crippen LogP contribution is 2.37. The second-order valence-corrected chi connectivity index (χ2v) is 7.68. The van der Waals surface area contributed by atoms with Gasteiger partial charge < -0.3 is 10.1 Å². The summed E-state index contributed by atoms with van der Waals surface area (Å²) in [5, 5.41) is 3.57. The molecule has 0 bridgehead atoms. The number of ether oxygens (including phenoxy) is 1. The standard InChI is InChI=1S/C28H24N2O2/c1-2-32-24-18-16-23(17-19-24)30-27(29-26-11-7-6-10-25(26)28(30)31)22-14-12-21(13-15-22)20-8-4-3-5-9-20/h3-19,27,29H,2H2,1H3. The topological polar surface area (TPSA) is 41.6 Å². The Hall–Kier alpha value is -4.05. The lowest BCUT2D eigenvalue weighted by atomic mass is 9.99. The minimum atomic E-state index is -0.319. The van der Waals surface area contributed by atoms with Crippen molar-refractivity contribution in [3.05, 3.63) is 114 Å². The second-order valence-electron chi connectivity index (χ2n) is 7.68. The molecule has 1 heterocycles. The van der Waals surface area contributed by atoms with Gasteiger partial charge in [-0.25, -0.2) is 0 Å². The van der Waals surface area contributed by atoms with Crippen LogP contribution in [-0.2, 0) is 0 Å². The van der Waals surface area contributed by atoms with Crippen molar-refractivity contribution in [3.8, 4) is 16.9 Å². The van der Waals surface area contributed by atoms with Crippen LogP contribution in [0, 0.1) is 0 Å². The number of fused-ring (bicyclic) bond motifs is 1. The molecule has 0 saturated carbocycles. The van der Waals surface area contributed by atoms with E-state index >= 15 is 0 Å². The van der Waals surface area contributed by atoms with Crippen LogP contribution in [0.15, 0.2) is 103 Å². The third kappa shape index (κ3) is 3.71. The number of amides is 1. The molecule has 5 rings (SSSR count). The molecule has 0 aliphatic carbocycles. The van der Waals surface area contributed by atoms with Crippen molar-refractivity contribution in [2.45, 2.75) is 13.1 Å². The molecule has 0 spiro atoms. The van der Waals surface area contributed by atoms with Crippen LogP contribution in [0.3, 0.4) is 0 Å². The fourth-order valence-corrected chi connectivity index (χ4v) is 4.11. The van der Waals surface area contributed by atoms with E-state index < -0.39 is 0 Å². The maximum absolute atomic E-state index is 13.6. The molecular weight excluding hydrogens is 396 g/mol. The lowest BCUT2D eigenvalue weighted by Crippen LogP contribution is -2.43. The van der Waals surface area contributed by atoms with Gasteiger partial charge in [-0.1, -0.05) is 66.7 Å². The first kappa shape index (κ1) is 19.9. The van der Waals surface area contributed by atoms with Crippen molar-refractivity contribution >= 4 is 17.3 Å². The minimum Gasteiger partial charge on any atom is -0.494 e. The highest BCUT2D eigenvalue weighted by atomic mass is 16.5. The molecule has 1 amide bonds. The Morgan fingerprint density at radius 2 is 1.44 bits per heavy atom. The van der Waals surface area contributed by atoms with Gasteiger partial charge in [-0.2, -0.15) is 0 Å². The van der Waals surface area contributed by atoms with Gasteiger partial charge in [0.05, 0.1) is 12.2 Å². The summed E-state index contributed by atoms with van der Waals surface area (Å²) >= 11 is 0. The van der Waals surface area contributed by atoms with Crippen molar-refractivity contribution in [1.29, 1.82) is 0 Å². The minimum absolute atomic E-state index is 0.0272. The Balaban J connectivity index is 1.54. The van der Waals surface area contributed by atoms with E-state index in [1.807, 2.05) is 78.6 Å². The highest BCUT2D eigenvalue weighted by molar-refractivity contribution is 6.12. The van der Waals surface area contributed by atoms with Gasteiger partial charge >= 0.3 is 0 Å². The van der Waals surface area contributed by atoms with Crippen molar-refractivity contribution in [1.82, 2.24) is 0 Å². The third-order valence-electron chi connectivity index (χ3n) is 5.69. The lowest BCUT2D eigenvalue weighted by Gasteiger charge is -2.38. The van der Waals surface area contributed by atoms with Crippen LogP contribution in [0.4, 0.5) is 11.4 Å². The summed E-state index contributed by atoms with van der Waals surface area (Å²) in [7, 11) is 0. The number of nitrogens with one attached hydrogen (secondary N) is 1. The van der Waals surface area contributed by atoms with Crippen molar-refractivity contribution in [2.75, 3.05) is 16.8 Å². The first-order valence-electron chi connectivity index (χ1n) is 10.8. The molecule has 1 N–H and O–H groups in total. The Kier molecular flexibility index (Phi) is 5.34. The van der Waals surface area contributed by atoms with Gasteiger partial charge in [0.15, 0.2) is 0 Å². The van der Waals surface area contributed by atoms with Gasteiger partial charge in [0.25, 0.3) is 5.91 Å². The van der Waals surface area contributed by atoms with Crippen LogP contribution in [0.1, 0.15) is 29.0 Å². The average Bonchev–Trinajstić information content (AvgIpc) is 2.86. The van der Waals surface area contributed by atoms with Crippen LogP contribution >= 0.6 is 0 Å². The van der Waals surface area contributed by atoms with Gasteiger partial charge in [0.1, 0.15) is 11.9 Å². The molecule has 158 valence electrons. The van der Waals surface area contributed by atoms with E-state index in [0.29, 0.717) is 12.2 Å². The first-order valence-corrected chi connectivity index (χ1v) is 10.8. The first-order chi connectivity index (χ1) is 15.7. The number of para-hydroxylation sites is 1. The highest BCUT2D eigenvalue weighted by Gasteiger charge is 2.34. The molecule has 4 aromatic carbocycles. The van der Waals surface area contributed by atoms with Crippen LogP contribution in [-0.4, -0.2) is 12.5 Å². The van der Waals surface area contributed by atoms with Gasteiger partial charge in [-0.3, -0.25) is 9.69 Å². The van der Waals surface area contributed by atoms with Crippen LogP contribution in [0.25, 0.3) is 11.1 Å². The fourth-order valence-electron chi connectivity index (χ4n) is 4.11. The largest absolute Gasteiger partial charge is 0.494 e. The Morgan fingerprint density at radius 3 is 2.16 bits per heavy atom. The Bertz CT molecular complexity index is 1220. The van der Waals surface area contributed by atoms with E-state index in [1.54, 1.807) is 0 Å². The molecule has 0 saturated heterocycles. The molecule has 0 radical (unpaired) electrons. The smallest absolute Gasteiger partial charge is 0.262 e. The van der Waals surface area contributed by atoms with E-state index in [4.69, 9.17) is 4.74 Å². The lowest BCUT2D eigenvalue weighted by molar-refractivity contribution is 0.0975. The van der Waals surface area contributed by atoms with Crippen LogP contribution in [0.2, 0.25) is 0 Å². The predicted octanol–water partition coefficient (Wildman–Crippen LogP) is 6.52. The SMILES string of the molecule is CCOc1ccc(N2C(=O)c3ccccc3NC2c2ccc(-c3ccccc3)cc2)cc1. The fraction of sp³-hybridized carbons (Fsp3) is 0.107. The van der Waals surface area contributed by atoms with Crippen LogP contribution in [0.5, 0.6) is 5.75 Å². The third-order valence-corrected chi connectivity index (χ3v) is 5.69. The van der Waals surface area contributed by atoms with Gasteiger partial charge in [-0.05, 0) is 60.0 Å². The van der Waals surface area contributed by atoms with E-state index in [9.17, 15) is 4.79 Å². The van der Waals surface area contributed by atoms with Gasteiger partial charge in [-0.15, -0.1) is 0 Å². The van der Waals surface area contributed by atoms with Crippen molar-refractivity contribution in [3.63, 3.8) is 0 Å². The molecule has 4 heteroatoms. The average molecular weight is 421 g/mol. The summed E-state index contributed by atoms with van der Waals surface area (Å²) in [6.07, 6.45) is -0.319. The Labute approximate surface area is 188 Å².